The van der Waals surface area contributed by atoms with Crippen LogP contribution in [0, 0.1) is 11.7 Å². The predicted octanol–water partition coefficient (Wildman–Crippen LogP) is 1.75. The van der Waals surface area contributed by atoms with Crippen molar-refractivity contribution in [1.82, 2.24) is 4.72 Å². The third kappa shape index (κ3) is 3.99. The topological polar surface area (TPSA) is 72.2 Å². The summed E-state index contributed by atoms with van der Waals surface area (Å²) < 4.78 is 40.0. The summed E-state index contributed by atoms with van der Waals surface area (Å²) in [6.45, 7) is 0.545. The summed E-state index contributed by atoms with van der Waals surface area (Å²) in [5.74, 6) is 0.0164. The Labute approximate surface area is 113 Å². The third-order valence-corrected chi connectivity index (χ3v) is 4.79. The molecule has 0 amide bonds. The molecule has 0 radical (unpaired) electrons. The van der Waals surface area contributed by atoms with E-state index in [-0.39, 0.29) is 11.4 Å². The molecule has 1 fully saturated rings. The number of halogens is 1. The smallest absolute Gasteiger partial charge is 0.243 e. The summed E-state index contributed by atoms with van der Waals surface area (Å²) in [6.07, 6.45) is 4.34. The van der Waals surface area contributed by atoms with Crippen molar-refractivity contribution in [1.29, 1.82) is 0 Å². The Morgan fingerprint density at radius 2 is 2.11 bits per heavy atom. The van der Waals surface area contributed by atoms with E-state index < -0.39 is 15.8 Å². The first-order valence-corrected chi connectivity index (χ1v) is 7.99. The van der Waals surface area contributed by atoms with E-state index in [1.807, 2.05) is 0 Å². The number of benzene rings is 1. The number of sulfonamides is 1. The first-order valence-electron chi connectivity index (χ1n) is 6.51. The molecule has 0 unspecified atom stereocenters. The number of hydrogen-bond acceptors (Lipinski definition) is 3. The van der Waals surface area contributed by atoms with Crippen molar-refractivity contribution < 1.29 is 12.8 Å². The van der Waals surface area contributed by atoms with Gasteiger partial charge in [-0.15, -0.1) is 0 Å². The second-order valence-corrected chi connectivity index (χ2v) is 6.69. The van der Waals surface area contributed by atoms with Crippen LogP contribution in [0.25, 0.3) is 0 Å². The van der Waals surface area contributed by atoms with Crippen LogP contribution in [0.3, 0.4) is 0 Å². The van der Waals surface area contributed by atoms with Gasteiger partial charge in [-0.1, -0.05) is 18.9 Å². The summed E-state index contributed by atoms with van der Waals surface area (Å²) in [5.41, 5.74) is 5.95. The molecule has 0 heterocycles. The van der Waals surface area contributed by atoms with E-state index in [2.05, 4.69) is 4.72 Å². The maximum Gasteiger partial charge on any atom is 0.243 e. The Morgan fingerprint density at radius 3 is 2.68 bits per heavy atom. The summed E-state index contributed by atoms with van der Waals surface area (Å²) in [4.78, 5) is -0.309. The molecular weight excluding hydrogens is 267 g/mol. The highest BCUT2D eigenvalue weighted by Crippen LogP contribution is 2.33. The van der Waals surface area contributed by atoms with Gasteiger partial charge in [-0.2, -0.15) is 0 Å². The molecule has 6 heteroatoms. The van der Waals surface area contributed by atoms with Crippen LogP contribution in [-0.2, 0) is 16.6 Å². The lowest BCUT2D eigenvalue weighted by atomic mass is 10.2. The van der Waals surface area contributed by atoms with Crippen molar-refractivity contribution >= 4 is 10.0 Å². The zero-order chi connectivity index (χ0) is 13.9. The fraction of sp³-hybridized carbons (Fsp3) is 0.538. The first kappa shape index (κ1) is 14.4. The van der Waals surface area contributed by atoms with Crippen LogP contribution < -0.4 is 10.5 Å². The maximum atomic E-state index is 13.7. The summed E-state index contributed by atoms with van der Waals surface area (Å²) in [5, 5.41) is 0. The summed E-state index contributed by atoms with van der Waals surface area (Å²) in [7, 11) is -3.76. The van der Waals surface area contributed by atoms with Gasteiger partial charge in [-0.3, -0.25) is 0 Å². The van der Waals surface area contributed by atoms with E-state index in [1.54, 1.807) is 0 Å². The molecular formula is C13H19FN2O2S. The minimum absolute atomic E-state index is 0.187. The Balaban J connectivity index is 1.97. The highest BCUT2D eigenvalue weighted by molar-refractivity contribution is 7.89. The molecule has 0 atom stereocenters. The number of hydrogen-bond donors (Lipinski definition) is 2. The number of nitrogens with one attached hydrogen (secondary N) is 1. The number of nitrogens with two attached hydrogens (primary N) is 1. The van der Waals surface area contributed by atoms with Crippen molar-refractivity contribution in [3.8, 4) is 0 Å². The second-order valence-electron chi connectivity index (χ2n) is 4.95. The largest absolute Gasteiger partial charge is 0.326 e. The van der Waals surface area contributed by atoms with Gasteiger partial charge in [0.2, 0.25) is 10.0 Å². The van der Waals surface area contributed by atoms with Crippen LogP contribution in [0.4, 0.5) is 4.39 Å². The standard InChI is InChI=1S/C13H19FN2O2S/c14-12-8-11(9-15)5-6-13(12)19(17,18)16-7-1-2-10-3-4-10/h5-6,8,10,16H,1-4,7,9,15H2. The fourth-order valence-corrected chi connectivity index (χ4v) is 3.10. The molecule has 19 heavy (non-hydrogen) atoms. The molecule has 2 rings (SSSR count). The van der Waals surface area contributed by atoms with Crippen molar-refractivity contribution in [2.24, 2.45) is 11.7 Å². The molecule has 4 nitrogen and oxygen atoms in total. The minimum Gasteiger partial charge on any atom is -0.326 e. The Morgan fingerprint density at radius 1 is 1.37 bits per heavy atom. The highest BCUT2D eigenvalue weighted by atomic mass is 32.2. The zero-order valence-corrected chi connectivity index (χ0v) is 11.5. The third-order valence-electron chi connectivity index (χ3n) is 3.30. The van der Waals surface area contributed by atoms with E-state index in [4.69, 9.17) is 5.73 Å². The van der Waals surface area contributed by atoms with Crippen molar-refractivity contribution in [3.63, 3.8) is 0 Å². The molecule has 1 aromatic carbocycles. The number of rotatable bonds is 7. The second kappa shape index (κ2) is 5.98. The summed E-state index contributed by atoms with van der Waals surface area (Å²) in [6, 6.07) is 3.96. The van der Waals surface area contributed by atoms with Gasteiger partial charge in [0.15, 0.2) is 0 Å². The molecule has 0 bridgehead atoms. The van der Waals surface area contributed by atoms with Gasteiger partial charge < -0.3 is 5.73 Å². The highest BCUT2D eigenvalue weighted by Gasteiger charge is 2.22. The molecule has 1 aromatic rings. The van der Waals surface area contributed by atoms with Gasteiger partial charge >= 0.3 is 0 Å². The van der Waals surface area contributed by atoms with Crippen LogP contribution >= 0.6 is 0 Å². The van der Waals surface area contributed by atoms with Gasteiger partial charge in [0, 0.05) is 13.1 Å². The molecule has 0 aromatic heterocycles. The molecule has 0 spiro atoms. The average molecular weight is 286 g/mol. The lowest BCUT2D eigenvalue weighted by molar-refractivity contribution is 0.551. The first-order chi connectivity index (χ1) is 9.03. The Hall–Kier alpha value is -0.980. The molecule has 0 saturated heterocycles. The normalized spacial score (nSPS) is 15.7. The average Bonchev–Trinajstić information content (AvgIpc) is 3.18. The van der Waals surface area contributed by atoms with Crippen LogP contribution in [-0.4, -0.2) is 15.0 Å². The molecule has 1 aliphatic rings. The van der Waals surface area contributed by atoms with Gasteiger partial charge in [0.25, 0.3) is 0 Å². The monoisotopic (exact) mass is 286 g/mol. The van der Waals surface area contributed by atoms with Gasteiger partial charge in [-0.05, 0) is 36.5 Å². The van der Waals surface area contributed by atoms with E-state index in [0.29, 0.717) is 12.1 Å². The zero-order valence-electron chi connectivity index (χ0n) is 10.7. The predicted molar refractivity (Wildman–Crippen MR) is 71.4 cm³/mol. The van der Waals surface area contributed by atoms with Crippen molar-refractivity contribution in [2.45, 2.75) is 37.1 Å². The van der Waals surface area contributed by atoms with Crippen molar-refractivity contribution in [2.75, 3.05) is 6.54 Å². The Bertz CT molecular complexity index is 542. The van der Waals surface area contributed by atoms with Crippen molar-refractivity contribution in [3.05, 3.63) is 29.6 Å². The lowest BCUT2D eigenvalue weighted by Crippen LogP contribution is -2.25. The van der Waals surface area contributed by atoms with Crippen LogP contribution in [0.2, 0.25) is 0 Å². The van der Waals surface area contributed by atoms with Crippen LogP contribution in [0.15, 0.2) is 23.1 Å². The summed E-state index contributed by atoms with van der Waals surface area (Å²) >= 11 is 0. The Kier molecular flexibility index (Phi) is 4.54. The minimum atomic E-state index is -3.76. The van der Waals surface area contributed by atoms with Crippen LogP contribution in [0.5, 0.6) is 0 Å². The van der Waals surface area contributed by atoms with E-state index in [1.165, 1.54) is 31.0 Å². The fourth-order valence-electron chi connectivity index (χ4n) is 1.97. The van der Waals surface area contributed by atoms with Gasteiger partial charge in [0.1, 0.15) is 10.7 Å². The lowest BCUT2D eigenvalue weighted by Gasteiger charge is -2.08. The SMILES string of the molecule is NCc1ccc(S(=O)(=O)NCCCC2CC2)c(F)c1. The molecule has 1 saturated carbocycles. The molecule has 0 aliphatic heterocycles. The van der Waals surface area contributed by atoms with E-state index in [0.717, 1.165) is 18.8 Å². The molecule has 1 aliphatic carbocycles. The van der Waals surface area contributed by atoms with Gasteiger partial charge in [0.05, 0.1) is 0 Å². The van der Waals surface area contributed by atoms with E-state index in [9.17, 15) is 12.8 Å². The van der Waals surface area contributed by atoms with Crippen LogP contribution in [0.1, 0.15) is 31.2 Å². The molecule has 3 N–H and O–H groups in total. The van der Waals surface area contributed by atoms with E-state index >= 15 is 0 Å². The molecule has 106 valence electrons. The maximum absolute atomic E-state index is 13.7. The van der Waals surface area contributed by atoms with Gasteiger partial charge in [-0.25, -0.2) is 17.5 Å². The quantitative estimate of drug-likeness (QED) is 0.750.